The Morgan fingerprint density at radius 2 is 2.26 bits per heavy atom. The summed E-state index contributed by atoms with van der Waals surface area (Å²) in [6.07, 6.45) is 4.53. The van der Waals surface area contributed by atoms with E-state index in [-0.39, 0.29) is 18.1 Å². The summed E-state index contributed by atoms with van der Waals surface area (Å²) in [6.45, 7) is 1.34. The van der Waals surface area contributed by atoms with Gasteiger partial charge in [-0.25, -0.2) is 4.98 Å². The fourth-order valence-corrected chi connectivity index (χ4v) is 3.48. The van der Waals surface area contributed by atoms with E-state index in [0.29, 0.717) is 24.7 Å². The molecular weight excluding hydrogens is 266 g/mol. The second kappa shape index (κ2) is 6.02. The number of Topliss-reactive ketones (excluding diaryl/α,β-unsaturated/α-hetero) is 1. The lowest BCUT2D eigenvalue weighted by molar-refractivity contribution is -0.426. The predicted octanol–water partition coefficient (Wildman–Crippen LogP) is 0.469. The van der Waals surface area contributed by atoms with Crippen molar-refractivity contribution < 1.29 is 19.3 Å². The van der Waals surface area contributed by atoms with Crippen LogP contribution in [0.3, 0.4) is 0 Å². The van der Waals surface area contributed by atoms with Gasteiger partial charge in [-0.2, -0.15) is 0 Å². The Balaban J connectivity index is 1.50. The molecule has 2 aliphatic rings. The standard InChI is InChI=1S/C12H17N3O3S/c16-9(6-19-12-13-7-14-15-12)8-1-2-10-11(5-8)18-4-3-17-10/h7-8,10-11H,1-6H2,(H,13,14,15)/p+1. The number of thioether (sulfide) groups is 1. The highest BCUT2D eigenvalue weighted by molar-refractivity contribution is 7.99. The number of carbonyl (C=O) groups is 1. The van der Waals surface area contributed by atoms with Crippen molar-refractivity contribution in [1.29, 1.82) is 0 Å². The molecule has 3 unspecified atom stereocenters. The van der Waals surface area contributed by atoms with Crippen LogP contribution in [0.5, 0.6) is 0 Å². The van der Waals surface area contributed by atoms with Crippen molar-refractivity contribution in [2.45, 2.75) is 36.6 Å². The van der Waals surface area contributed by atoms with Crippen molar-refractivity contribution in [1.82, 2.24) is 10.2 Å². The highest BCUT2D eigenvalue weighted by Gasteiger charge is 2.36. The first-order valence-corrected chi connectivity index (χ1v) is 7.61. The molecule has 3 atom stereocenters. The number of nitrogens with zero attached hydrogens (tertiary/aromatic N) is 1. The van der Waals surface area contributed by atoms with Crippen molar-refractivity contribution in [3.63, 3.8) is 0 Å². The van der Waals surface area contributed by atoms with E-state index in [1.165, 1.54) is 11.8 Å². The van der Waals surface area contributed by atoms with E-state index in [2.05, 4.69) is 15.2 Å². The number of ketones is 1. The smallest absolute Gasteiger partial charge is 0.291 e. The molecule has 0 radical (unpaired) electrons. The van der Waals surface area contributed by atoms with Gasteiger partial charge in [0.05, 0.1) is 31.2 Å². The number of aromatic amines is 2. The maximum Gasteiger partial charge on any atom is 0.291 e. The highest BCUT2D eigenvalue weighted by atomic mass is 32.2. The third-order valence-electron chi connectivity index (χ3n) is 3.72. The molecule has 1 saturated heterocycles. The van der Waals surface area contributed by atoms with Gasteiger partial charge < -0.3 is 9.47 Å². The topological polar surface area (TPSA) is 78.4 Å². The van der Waals surface area contributed by atoms with Crippen LogP contribution >= 0.6 is 11.8 Å². The minimum Gasteiger partial charge on any atom is -0.373 e. The molecule has 1 aromatic heterocycles. The van der Waals surface area contributed by atoms with Gasteiger partial charge in [-0.05, 0) is 31.0 Å². The summed E-state index contributed by atoms with van der Waals surface area (Å²) in [5.41, 5.74) is 0. The third-order valence-corrected chi connectivity index (χ3v) is 4.65. The predicted molar refractivity (Wildman–Crippen MR) is 67.7 cm³/mol. The summed E-state index contributed by atoms with van der Waals surface area (Å²) in [4.78, 5) is 15.1. The van der Waals surface area contributed by atoms with Crippen LogP contribution in [0.1, 0.15) is 19.3 Å². The van der Waals surface area contributed by atoms with Crippen molar-refractivity contribution >= 4 is 17.5 Å². The summed E-state index contributed by atoms with van der Waals surface area (Å²) in [5.74, 6) is 0.876. The zero-order chi connectivity index (χ0) is 13.1. The van der Waals surface area contributed by atoms with Gasteiger partial charge in [0, 0.05) is 11.0 Å². The molecule has 1 saturated carbocycles. The van der Waals surface area contributed by atoms with Crippen molar-refractivity contribution in [3.05, 3.63) is 6.33 Å². The summed E-state index contributed by atoms with van der Waals surface area (Å²) >= 11 is 1.46. The molecule has 19 heavy (non-hydrogen) atoms. The zero-order valence-electron chi connectivity index (χ0n) is 10.6. The van der Waals surface area contributed by atoms with Crippen LogP contribution in [-0.4, -0.2) is 47.2 Å². The van der Waals surface area contributed by atoms with Crippen LogP contribution in [0.4, 0.5) is 0 Å². The van der Waals surface area contributed by atoms with Crippen molar-refractivity contribution in [2.24, 2.45) is 5.92 Å². The average molecular weight is 284 g/mol. The summed E-state index contributed by atoms with van der Waals surface area (Å²) in [7, 11) is 0. The minimum absolute atomic E-state index is 0.110. The van der Waals surface area contributed by atoms with E-state index in [9.17, 15) is 4.79 Å². The number of aromatic nitrogens is 3. The molecule has 104 valence electrons. The number of hydrogen-bond donors (Lipinski definition) is 1. The molecular formula is C12H18N3O3S+. The SMILES string of the molecule is O=C(CSc1[nH]nc[nH+]1)C1CCC2OCCOC2C1. The number of ether oxygens (including phenoxy) is 2. The second-order valence-electron chi connectivity index (χ2n) is 4.93. The van der Waals surface area contributed by atoms with E-state index >= 15 is 0 Å². The van der Waals surface area contributed by atoms with Crippen LogP contribution in [0.25, 0.3) is 0 Å². The van der Waals surface area contributed by atoms with Crippen molar-refractivity contribution in [3.8, 4) is 0 Å². The Morgan fingerprint density at radius 1 is 1.42 bits per heavy atom. The lowest BCUT2D eigenvalue weighted by atomic mass is 9.83. The average Bonchev–Trinajstić information content (AvgIpc) is 2.97. The van der Waals surface area contributed by atoms with E-state index < -0.39 is 0 Å². The van der Waals surface area contributed by atoms with Crippen LogP contribution in [0, 0.1) is 5.92 Å². The molecule has 2 fully saturated rings. The molecule has 0 spiro atoms. The van der Waals surface area contributed by atoms with E-state index in [1.54, 1.807) is 6.33 Å². The highest BCUT2D eigenvalue weighted by Crippen LogP contribution is 2.32. The Kier molecular flexibility index (Phi) is 4.15. The van der Waals surface area contributed by atoms with E-state index in [1.807, 2.05) is 0 Å². The Labute approximate surface area is 115 Å². The zero-order valence-corrected chi connectivity index (χ0v) is 11.4. The first kappa shape index (κ1) is 13.1. The molecule has 3 rings (SSSR count). The minimum atomic E-state index is 0.110. The lowest BCUT2D eigenvalue weighted by Crippen LogP contribution is -2.44. The molecule has 0 bridgehead atoms. The number of fused-ring (bicyclic) bond motifs is 1. The Bertz CT molecular complexity index is 426. The van der Waals surface area contributed by atoms with Crippen LogP contribution in [0.15, 0.2) is 11.5 Å². The molecule has 0 aromatic carbocycles. The van der Waals surface area contributed by atoms with Crippen LogP contribution < -0.4 is 4.98 Å². The molecule has 1 aliphatic carbocycles. The van der Waals surface area contributed by atoms with Gasteiger partial charge in [-0.15, -0.1) is 5.10 Å². The first-order valence-electron chi connectivity index (χ1n) is 6.62. The maximum atomic E-state index is 12.2. The van der Waals surface area contributed by atoms with E-state index in [4.69, 9.17) is 9.47 Å². The number of rotatable bonds is 4. The van der Waals surface area contributed by atoms with Gasteiger partial charge in [0.15, 0.2) is 0 Å². The van der Waals surface area contributed by atoms with Gasteiger partial charge in [-0.3, -0.25) is 4.79 Å². The van der Waals surface area contributed by atoms with Gasteiger partial charge >= 0.3 is 0 Å². The van der Waals surface area contributed by atoms with Gasteiger partial charge in [0.25, 0.3) is 11.5 Å². The number of carbonyl (C=O) groups excluding carboxylic acids is 1. The summed E-state index contributed by atoms with van der Waals surface area (Å²) in [5, 5.41) is 7.44. The summed E-state index contributed by atoms with van der Waals surface area (Å²) in [6, 6.07) is 0. The molecule has 7 heteroatoms. The van der Waals surface area contributed by atoms with Gasteiger partial charge in [0.1, 0.15) is 5.78 Å². The quantitative estimate of drug-likeness (QED) is 0.813. The molecule has 0 amide bonds. The van der Waals surface area contributed by atoms with E-state index in [0.717, 1.165) is 24.4 Å². The van der Waals surface area contributed by atoms with Gasteiger partial charge in [-0.1, -0.05) is 0 Å². The molecule has 1 aliphatic heterocycles. The largest absolute Gasteiger partial charge is 0.373 e. The molecule has 1 aromatic rings. The van der Waals surface area contributed by atoms with Gasteiger partial charge in [0.2, 0.25) is 0 Å². The lowest BCUT2D eigenvalue weighted by Gasteiger charge is -2.38. The maximum absolute atomic E-state index is 12.2. The number of hydrogen-bond acceptors (Lipinski definition) is 5. The molecule has 6 nitrogen and oxygen atoms in total. The monoisotopic (exact) mass is 284 g/mol. The Morgan fingerprint density at radius 3 is 3.05 bits per heavy atom. The molecule has 2 N–H and O–H groups in total. The third kappa shape index (κ3) is 3.16. The fraction of sp³-hybridized carbons (Fsp3) is 0.750. The van der Waals surface area contributed by atoms with Crippen molar-refractivity contribution in [2.75, 3.05) is 19.0 Å². The number of H-pyrrole nitrogens is 2. The van der Waals surface area contributed by atoms with Crippen LogP contribution in [0.2, 0.25) is 0 Å². The normalized spacial score (nSPS) is 30.8. The Hall–Kier alpha value is -0.920. The molecule has 2 heterocycles. The fourth-order valence-electron chi connectivity index (χ4n) is 2.71. The number of nitrogens with one attached hydrogen (secondary N) is 2. The second-order valence-corrected chi connectivity index (χ2v) is 5.91. The summed E-state index contributed by atoms with van der Waals surface area (Å²) < 4.78 is 11.4. The first-order chi connectivity index (χ1) is 9.33. The van der Waals surface area contributed by atoms with Crippen LogP contribution in [-0.2, 0) is 14.3 Å².